The molecule has 0 aliphatic rings. The fourth-order valence-electron chi connectivity index (χ4n) is 1.94. The van der Waals surface area contributed by atoms with Gasteiger partial charge in [-0.25, -0.2) is 9.97 Å². The number of hydrogen-bond acceptors (Lipinski definition) is 4. The maximum absolute atomic E-state index is 4.35. The van der Waals surface area contributed by atoms with Crippen molar-refractivity contribution in [2.75, 3.05) is 5.32 Å². The van der Waals surface area contributed by atoms with Gasteiger partial charge in [-0.15, -0.1) is 11.3 Å². The number of anilines is 1. The molecule has 0 radical (unpaired) electrons. The van der Waals surface area contributed by atoms with Gasteiger partial charge in [-0.2, -0.15) is 0 Å². The van der Waals surface area contributed by atoms with Crippen LogP contribution >= 0.6 is 33.9 Å². The maximum Gasteiger partial charge on any atom is 0.138 e. The summed E-state index contributed by atoms with van der Waals surface area (Å²) < 4.78 is 1.25. The first-order valence-corrected chi connectivity index (χ1v) is 7.90. The predicted octanol–water partition coefficient (Wildman–Crippen LogP) is 4.47. The molecule has 0 amide bonds. The van der Waals surface area contributed by atoms with Crippen molar-refractivity contribution in [2.24, 2.45) is 0 Å². The number of thiophene rings is 1. The average molecular weight is 381 g/mol. The lowest BCUT2D eigenvalue weighted by molar-refractivity contribution is 0.875. The van der Waals surface area contributed by atoms with Gasteiger partial charge in [0, 0.05) is 9.61 Å². The highest BCUT2D eigenvalue weighted by atomic mass is 127. The molecular formula is C14H12IN3S. The van der Waals surface area contributed by atoms with Gasteiger partial charge in [0.05, 0.1) is 5.39 Å². The van der Waals surface area contributed by atoms with Crippen LogP contribution in [-0.4, -0.2) is 9.97 Å². The Bertz CT molecular complexity index is 693. The second kappa shape index (κ2) is 5.42. The zero-order chi connectivity index (χ0) is 13.2. The molecule has 3 aromatic rings. The fourth-order valence-corrected chi connectivity index (χ4v) is 3.04. The van der Waals surface area contributed by atoms with Crippen LogP contribution in [0.4, 0.5) is 5.82 Å². The van der Waals surface area contributed by atoms with Gasteiger partial charge in [0.1, 0.15) is 17.0 Å². The van der Waals surface area contributed by atoms with Crippen molar-refractivity contribution >= 4 is 50.0 Å². The first kappa shape index (κ1) is 12.8. The van der Waals surface area contributed by atoms with Crippen molar-refractivity contribution < 1.29 is 0 Å². The molecule has 1 atom stereocenters. The van der Waals surface area contributed by atoms with E-state index in [4.69, 9.17) is 0 Å². The van der Waals surface area contributed by atoms with Crippen molar-refractivity contribution in [1.29, 1.82) is 0 Å². The van der Waals surface area contributed by atoms with Crippen LogP contribution in [0.2, 0.25) is 0 Å². The molecule has 0 fully saturated rings. The molecule has 0 aliphatic carbocycles. The highest BCUT2D eigenvalue weighted by Crippen LogP contribution is 2.27. The number of aromatic nitrogens is 2. The van der Waals surface area contributed by atoms with E-state index < -0.39 is 0 Å². The van der Waals surface area contributed by atoms with Gasteiger partial charge in [-0.05, 0) is 58.7 Å². The molecule has 1 N–H and O–H groups in total. The van der Waals surface area contributed by atoms with Gasteiger partial charge in [0.2, 0.25) is 0 Å². The molecule has 96 valence electrons. The molecule has 3 nitrogen and oxygen atoms in total. The van der Waals surface area contributed by atoms with E-state index in [0.717, 1.165) is 16.0 Å². The third-order valence-corrected chi connectivity index (χ3v) is 4.52. The van der Waals surface area contributed by atoms with E-state index in [9.17, 15) is 0 Å². The smallest absolute Gasteiger partial charge is 0.138 e. The molecule has 2 heterocycles. The largest absolute Gasteiger partial charge is 0.363 e. The molecule has 1 aromatic carbocycles. The second-order valence-corrected chi connectivity index (χ2v) is 6.42. The zero-order valence-corrected chi connectivity index (χ0v) is 13.3. The minimum absolute atomic E-state index is 0.218. The summed E-state index contributed by atoms with van der Waals surface area (Å²) in [6.07, 6.45) is 1.61. The van der Waals surface area contributed by atoms with Crippen LogP contribution < -0.4 is 5.32 Å². The van der Waals surface area contributed by atoms with E-state index >= 15 is 0 Å². The Balaban J connectivity index is 1.88. The molecule has 3 rings (SSSR count). The topological polar surface area (TPSA) is 37.8 Å². The number of nitrogens with one attached hydrogen (secondary N) is 1. The minimum atomic E-state index is 0.218. The molecule has 0 saturated carbocycles. The third-order valence-electron chi connectivity index (χ3n) is 2.98. The summed E-state index contributed by atoms with van der Waals surface area (Å²) in [5.41, 5.74) is 1.25. The van der Waals surface area contributed by atoms with Gasteiger partial charge in [-0.3, -0.25) is 0 Å². The summed E-state index contributed by atoms with van der Waals surface area (Å²) >= 11 is 3.95. The van der Waals surface area contributed by atoms with Crippen molar-refractivity contribution in [2.45, 2.75) is 13.0 Å². The zero-order valence-electron chi connectivity index (χ0n) is 10.3. The number of benzene rings is 1. The summed E-state index contributed by atoms with van der Waals surface area (Å²) in [6, 6.07) is 10.8. The Kier molecular flexibility index (Phi) is 3.65. The molecular weight excluding hydrogens is 369 g/mol. The molecule has 19 heavy (non-hydrogen) atoms. The minimum Gasteiger partial charge on any atom is -0.363 e. The highest BCUT2D eigenvalue weighted by Gasteiger charge is 2.09. The lowest BCUT2D eigenvalue weighted by atomic mass is 10.1. The first-order chi connectivity index (χ1) is 9.24. The normalized spacial score (nSPS) is 12.5. The van der Waals surface area contributed by atoms with Gasteiger partial charge >= 0.3 is 0 Å². The van der Waals surface area contributed by atoms with E-state index in [1.165, 1.54) is 9.13 Å². The van der Waals surface area contributed by atoms with Crippen LogP contribution in [0, 0.1) is 3.57 Å². The van der Waals surface area contributed by atoms with E-state index in [-0.39, 0.29) is 6.04 Å². The number of fused-ring (bicyclic) bond motifs is 1. The van der Waals surface area contributed by atoms with Crippen LogP contribution in [0.25, 0.3) is 10.2 Å². The fraction of sp³-hybridized carbons (Fsp3) is 0.143. The SMILES string of the molecule is CC(Nc1ncnc2sccc12)c1ccc(I)cc1. The number of halogens is 1. The summed E-state index contributed by atoms with van der Waals surface area (Å²) in [6.45, 7) is 2.14. The summed E-state index contributed by atoms with van der Waals surface area (Å²) in [7, 11) is 0. The summed E-state index contributed by atoms with van der Waals surface area (Å²) in [5, 5.41) is 6.59. The molecule has 0 spiro atoms. The molecule has 0 aliphatic heterocycles. The second-order valence-electron chi connectivity index (χ2n) is 4.28. The Labute approximate surface area is 129 Å². The van der Waals surface area contributed by atoms with Crippen LogP contribution in [-0.2, 0) is 0 Å². The molecule has 0 saturated heterocycles. The van der Waals surface area contributed by atoms with Crippen LogP contribution in [0.15, 0.2) is 42.0 Å². The molecule has 5 heteroatoms. The van der Waals surface area contributed by atoms with Gasteiger partial charge in [0.15, 0.2) is 0 Å². The molecule has 2 aromatic heterocycles. The summed E-state index contributed by atoms with van der Waals surface area (Å²) in [4.78, 5) is 9.63. The standard InChI is InChI=1S/C14H12IN3S/c1-9(10-2-4-11(15)5-3-10)18-13-12-6-7-19-14(12)17-8-16-13/h2-9H,1H3,(H,16,17,18). The number of rotatable bonds is 3. The van der Waals surface area contributed by atoms with Gasteiger partial charge in [-0.1, -0.05) is 12.1 Å². The van der Waals surface area contributed by atoms with Crippen molar-refractivity contribution in [3.8, 4) is 0 Å². The lowest BCUT2D eigenvalue weighted by Gasteiger charge is -2.15. The molecule has 1 unspecified atom stereocenters. The van der Waals surface area contributed by atoms with Crippen molar-refractivity contribution in [3.05, 3.63) is 51.2 Å². The quantitative estimate of drug-likeness (QED) is 0.681. The monoisotopic (exact) mass is 381 g/mol. The Morgan fingerprint density at radius 1 is 1.16 bits per heavy atom. The Hall–Kier alpha value is -1.21. The Morgan fingerprint density at radius 2 is 1.95 bits per heavy atom. The Morgan fingerprint density at radius 3 is 2.74 bits per heavy atom. The lowest BCUT2D eigenvalue weighted by Crippen LogP contribution is -2.08. The number of hydrogen-bond donors (Lipinski definition) is 1. The van der Waals surface area contributed by atoms with Crippen molar-refractivity contribution in [1.82, 2.24) is 9.97 Å². The van der Waals surface area contributed by atoms with Crippen LogP contribution in [0.1, 0.15) is 18.5 Å². The highest BCUT2D eigenvalue weighted by molar-refractivity contribution is 14.1. The maximum atomic E-state index is 4.35. The number of nitrogens with zero attached hydrogens (tertiary/aromatic N) is 2. The van der Waals surface area contributed by atoms with E-state index in [1.807, 2.05) is 5.38 Å². The third kappa shape index (κ3) is 2.71. The van der Waals surface area contributed by atoms with Gasteiger partial charge in [0.25, 0.3) is 0 Å². The van der Waals surface area contributed by atoms with Crippen LogP contribution in [0.3, 0.4) is 0 Å². The van der Waals surface area contributed by atoms with E-state index in [2.05, 4.69) is 75.1 Å². The van der Waals surface area contributed by atoms with E-state index in [0.29, 0.717) is 0 Å². The van der Waals surface area contributed by atoms with Crippen molar-refractivity contribution in [3.63, 3.8) is 0 Å². The van der Waals surface area contributed by atoms with Crippen LogP contribution in [0.5, 0.6) is 0 Å². The predicted molar refractivity (Wildman–Crippen MR) is 88.6 cm³/mol. The average Bonchev–Trinajstić information content (AvgIpc) is 2.89. The first-order valence-electron chi connectivity index (χ1n) is 5.94. The summed E-state index contributed by atoms with van der Waals surface area (Å²) in [5.74, 6) is 0.900. The van der Waals surface area contributed by atoms with Gasteiger partial charge < -0.3 is 5.32 Å². The van der Waals surface area contributed by atoms with E-state index in [1.54, 1.807) is 17.7 Å². The molecule has 0 bridgehead atoms.